The van der Waals surface area contributed by atoms with Crippen LogP contribution in [0.3, 0.4) is 0 Å². The van der Waals surface area contributed by atoms with Crippen LogP contribution in [0, 0.1) is 12.7 Å². The number of hydrogen-bond donors (Lipinski definition) is 1. The van der Waals surface area contributed by atoms with Crippen LogP contribution >= 0.6 is 0 Å². The molecule has 1 aliphatic rings. The summed E-state index contributed by atoms with van der Waals surface area (Å²) in [6, 6.07) is 22.3. The number of rotatable bonds is 12. The van der Waals surface area contributed by atoms with Crippen molar-refractivity contribution < 1.29 is 37.8 Å². The first-order valence-corrected chi connectivity index (χ1v) is 17.5. The number of esters is 1. The maximum absolute atomic E-state index is 14.4. The van der Waals surface area contributed by atoms with Gasteiger partial charge in [-0.25, -0.2) is 4.39 Å². The van der Waals surface area contributed by atoms with E-state index in [1.807, 2.05) is 50.3 Å². The Morgan fingerprint density at radius 2 is 1.45 bits per heavy atom. The van der Waals surface area contributed by atoms with Crippen molar-refractivity contribution >= 4 is 52.3 Å². The molecule has 7 nitrogen and oxygen atoms in total. The number of aliphatic hydroxyl groups is 1. The molecule has 0 radical (unpaired) electrons. The fourth-order valence-electron chi connectivity index (χ4n) is 5.62. The summed E-state index contributed by atoms with van der Waals surface area (Å²) in [5.41, 5.74) is 7.00. The largest absolute Gasteiger partial charge is 0.612 e. The van der Waals surface area contributed by atoms with Gasteiger partial charge >= 0.3 is 5.97 Å². The minimum absolute atomic E-state index is 0.117. The summed E-state index contributed by atoms with van der Waals surface area (Å²) in [7, 11) is 3.02. The van der Waals surface area contributed by atoms with Crippen molar-refractivity contribution in [1.29, 1.82) is 0 Å². The molecule has 0 saturated heterocycles. The highest BCUT2D eigenvalue weighted by atomic mass is 32.2. The minimum Gasteiger partial charge on any atom is -0.612 e. The predicted molar refractivity (Wildman–Crippen MR) is 200 cm³/mol. The first kappa shape index (κ1) is 36.6. The van der Waals surface area contributed by atoms with Gasteiger partial charge in [-0.05, 0) is 148 Å². The Bertz CT molecular complexity index is 2120. The molecule has 1 atom stereocenters. The van der Waals surface area contributed by atoms with E-state index in [0.717, 1.165) is 45.2 Å². The molecule has 51 heavy (non-hydrogen) atoms. The second kappa shape index (κ2) is 16.4. The lowest BCUT2D eigenvalue weighted by Crippen LogP contribution is -2.09. The van der Waals surface area contributed by atoms with E-state index in [4.69, 9.17) is 14.2 Å². The van der Waals surface area contributed by atoms with Crippen LogP contribution < -0.4 is 14.2 Å². The Labute approximate surface area is 299 Å². The molecule has 0 aromatic heterocycles. The van der Waals surface area contributed by atoms with Gasteiger partial charge in [-0.15, -0.1) is 0 Å². The van der Waals surface area contributed by atoms with E-state index < -0.39 is 28.7 Å². The molecular formula is C42H37FO7S. The zero-order valence-corrected chi connectivity index (χ0v) is 29.7. The van der Waals surface area contributed by atoms with E-state index in [1.165, 1.54) is 31.4 Å². The molecule has 9 heteroatoms. The number of hydrogen-bond acceptors (Lipinski definition) is 7. The van der Waals surface area contributed by atoms with E-state index in [2.05, 4.69) is 0 Å². The second-order valence-corrected chi connectivity index (χ2v) is 13.2. The van der Waals surface area contributed by atoms with E-state index in [0.29, 0.717) is 21.6 Å². The zero-order valence-electron chi connectivity index (χ0n) is 28.9. The van der Waals surface area contributed by atoms with E-state index in [9.17, 15) is 23.6 Å². The number of benzene rings is 4. The number of halogens is 1. The molecule has 0 spiro atoms. The van der Waals surface area contributed by atoms with E-state index in [-0.39, 0.29) is 23.7 Å². The molecule has 0 aliphatic heterocycles. The van der Waals surface area contributed by atoms with E-state index >= 15 is 0 Å². The first-order valence-electron chi connectivity index (χ1n) is 16.0. The summed E-state index contributed by atoms with van der Waals surface area (Å²) in [5, 5.41) is 10.2. The van der Waals surface area contributed by atoms with Gasteiger partial charge in [0.15, 0.2) is 22.2 Å². The highest BCUT2D eigenvalue weighted by Crippen LogP contribution is 2.44. The van der Waals surface area contributed by atoms with Crippen molar-refractivity contribution in [2.45, 2.75) is 25.2 Å². The number of fused-ring (bicyclic) bond motifs is 1. The summed E-state index contributed by atoms with van der Waals surface area (Å²) in [6.45, 7) is 3.82. The fraction of sp³-hybridized carbons (Fsp3) is 0.143. The van der Waals surface area contributed by atoms with Gasteiger partial charge < -0.3 is 23.9 Å². The molecule has 0 amide bonds. The number of ether oxygens (including phenoxy) is 3. The second-order valence-electron chi connectivity index (χ2n) is 11.8. The first-order chi connectivity index (χ1) is 24.4. The topological polar surface area (TPSA) is 105 Å². The highest BCUT2D eigenvalue weighted by Gasteiger charge is 2.27. The van der Waals surface area contributed by atoms with Crippen LogP contribution in [0.2, 0.25) is 0 Å². The molecule has 1 aliphatic carbocycles. The van der Waals surface area contributed by atoms with Gasteiger partial charge in [-0.2, -0.15) is 0 Å². The summed E-state index contributed by atoms with van der Waals surface area (Å²) >= 11 is -1.10. The molecule has 0 heterocycles. The van der Waals surface area contributed by atoms with Crippen LogP contribution in [0.15, 0.2) is 113 Å². The lowest BCUT2D eigenvalue weighted by molar-refractivity contribution is -0.133. The maximum atomic E-state index is 14.4. The van der Waals surface area contributed by atoms with Gasteiger partial charge in [0.05, 0.1) is 20.6 Å². The number of allylic oxidation sites excluding steroid dienone is 5. The Kier molecular flexibility index (Phi) is 11.8. The van der Waals surface area contributed by atoms with Crippen LogP contribution in [0.25, 0.3) is 29.4 Å². The summed E-state index contributed by atoms with van der Waals surface area (Å²) in [6.07, 6.45) is 10.5. The summed E-state index contributed by atoms with van der Waals surface area (Å²) in [4.78, 5) is 26.5. The van der Waals surface area contributed by atoms with Gasteiger partial charge in [0, 0.05) is 6.08 Å². The lowest BCUT2D eigenvalue weighted by Gasteiger charge is -2.11. The Morgan fingerprint density at radius 1 is 0.804 bits per heavy atom. The molecule has 260 valence electrons. The van der Waals surface area contributed by atoms with Crippen LogP contribution in [0.5, 0.6) is 17.2 Å². The molecular weight excluding hydrogens is 668 g/mol. The van der Waals surface area contributed by atoms with Crippen molar-refractivity contribution in [2.24, 2.45) is 0 Å². The molecule has 4 aromatic rings. The normalized spacial score (nSPS) is 14.3. The van der Waals surface area contributed by atoms with Crippen molar-refractivity contribution in [2.75, 3.05) is 20.5 Å². The Hall–Kier alpha value is -5.64. The van der Waals surface area contributed by atoms with Crippen molar-refractivity contribution in [3.05, 3.63) is 148 Å². The monoisotopic (exact) mass is 704 g/mol. The number of methoxy groups -OCH3 is 2. The third-order valence-corrected chi connectivity index (χ3v) is 9.25. The average molecular weight is 705 g/mol. The lowest BCUT2D eigenvalue weighted by atomic mass is 10.0. The summed E-state index contributed by atoms with van der Waals surface area (Å²) in [5.74, 6) is -0.461. The SMILES string of the molecule is COc1cc(/C=C/C(O)=C/C(=O)/C=C/c2ccc(OC(=O)CC3=C(C)/C(=C/c4ccc([S+](C)[O-])cc4)c4ccc(F)cc43)c(OC)c2)ccc1C. The fourth-order valence-corrected chi connectivity index (χ4v) is 6.14. The van der Waals surface area contributed by atoms with Gasteiger partial charge in [0.2, 0.25) is 0 Å². The van der Waals surface area contributed by atoms with Crippen LogP contribution in [-0.2, 0) is 20.8 Å². The zero-order chi connectivity index (χ0) is 36.7. The van der Waals surface area contributed by atoms with Crippen molar-refractivity contribution in [3.8, 4) is 17.2 Å². The number of carbonyl (C=O) groups excluding carboxylic acids is 2. The molecule has 1 N–H and O–H groups in total. The number of aliphatic hydroxyl groups excluding tert-OH is 1. The van der Waals surface area contributed by atoms with Gasteiger partial charge in [-0.3, -0.25) is 9.59 Å². The van der Waals surface area contributed by atoms with Crippen molar-refractivity contribution in [3.63, 3.8) is 0 Å². The third kappa shape index (κ3) is 9.13. The van der Waals surface area contributed by atoms with Crippen LogP contribution in [0.4, 0.5) is 4.39 Å². The molecule has 0 saturated carbocycles. The Balaban J connectivity index is 1.28. The van der Waals surface area contributed by atoms with E-state index in [1.54, 1.807) is 61.9 Å². The third-order valence-electron chi connectivity index (χ3n) is 8.32. The van der Waals surface area contributed by atoms with Gasteiger partial charge in [0.25, 0.3) is 0 Å². The highest BCUT2D eigenvalue weighted by molar-refractivity contribution is 7.90. The molecule has 0 bridgehead atoms. The van der Waals surface area contributed by atoms with Crippen molar-refractivity contribution in [1.82, 2.24) is 0 Å². The number of aryl methyl sites for hydroxylation is 1. The average Bonchev–Trinajstić information content (AvgIpc) is 3.35. The minimum atomic E-state index is -1.10. The molecule has 4 aromatic carbocycles. The van der Waals surface area contributed by atoms with Gasteiger partial charge in [-0.1, -0.05) is 36.4 Å². The molecule has 5 rings (SSSR count). The Morgan fingerprint density at radius 3 is 2.14 bits per heavy atom. The van der Waals surface area contributed by atoms with Gasteiger partial charge in [0.1, 0.15) is 23.6 Å². The van der Waals surface area contributed by atoms with Crippen LogP contribution in [0.1, 0.15) is 46.7 Å². The standard InChI is InChI=1S/C42H37FO7S/c1-26-6-7-29(21-40(26)48-3)8-14-32(44)24-33(45)15-9-30-12-19-39(41(22-30)49-4)50-42(46)25-37-27(2)36(35-18-13-31(43)23-38(35)37)20-28-10-16-34(17-11-28)51(5)47/h6-24,44H,25H2,1-5H3/b14-8+,15-9+,32-24-,36-20-. The number of carbonyl (C=O) groups is 2. The molecule has 1 unspecified atom stereocenters. The summed E-state index contributed by atoms with van der Waals surface area (Å²) < 4.78 is 42.7. The maximum Gasteiger partial charge on any atom is 0.315 e. The van der Waals surface area contributed by atoms with Crippen LogP contribution in [-0.4, -0.2) is 41.9 Å². The smallest absolute Gasteiger partial charge is 0.315 e. The predicted octanol–water partition coefficient (Wildman–Crippen LogP) is 8.95. The molecule has 0 fully saturated rings. The number of ketones is 1. The quantitative estimate of drug-likeness (QED) is 0.0392.